The highest BCUT2D eigenvalue weighted by Crippen LogP contribution is 2.23. The lowest BCUT2D eigenvalue weighted by atomic mass is 9.97. The first-order chi connectivity index (χ1) is 6.50. The van der Waals surface area contributed by atoms with Gasteiger partial charge < -0.3 is 5.73 Å². The van der Waals surface area contributed by atoms with Gasteiger partial charge in [-0.15, -0.1) is 0 Å². The van der Waals surface area contributed by atoms with Crippen molar-refractivity contribution in [2.45, 2.75) is 33.2 Å². The van der Waals surface area contributed by atoms with Gasteiger partial charge in [0.15, 0.2) is 0 Å². The third-order valence-electron chi connectivity index (χ3n) is 2.35. The first-order valence-electron chi connectivity index (χ1n) is 5.02. The van der Waals surface area contributed by atoms with Crippen LogP contribution in [0.1, 0.15) is 37.4 Å². The van der Waals surface area contributed by atoms with Gasteiger partial charge in [-0.3, -0.25) is 0 Å². The fourth-order valence-electron chi connectivity index (χ4n) is 1.48. The molecule has 0 unspecified atom stereocenters. The summed E-state index contributed by atoms with van der Waals surface area (Å²) in [5, 5.41) is 0.807. The molecule has 0 amide bonds. The third-order valence-corrected chi connectivity index (χ3v) is 2.76. The lowest BCUT2D eigenvalue weighted by molar-refractivity contribution is 0.510. The van der Waals surface area contributed by atoms with E-state index in [9.17, 15) is 0 Å². The van der Waals surface area contributed by atoms with Crippen molar-refractivity contribution in [1.29, 1.82) is 0 Å². The van der Waals surface area contributed by atoms with Gasteiger partial charge in [-0.2, -0.15) is 0 Å². The van der Waals surface area contributed by atoms with Crippen LogP contribution in [0.15, 0.2) is 18.2 Å². The van der Waals surface area contributed by atoms with Crippen LogP contribution in [-0.4, -0.2) is 0 Å². The van der Waals surface area contributed by atoms with Crippen LogP contribution in [-0.2, 0) is 0 Å². The largest absolute Gasteiger partial charge is 0.324 e. The summed E-state index contributed by atoms with van der Waals surface area (Å²) < 4.78 is 0. The summed E-state index contributed by atoms with van der Waals surface area (Å²) in [5.41, 5.74) is 8.29. The van der Waals surface area contributed by atoms with Crippen LogP contribution in [0.5, 0.6) is 0 Å². The second-order valence-corrected chi connectivity index (χ2v) is 4.65. The van der Waals surface area contributed by atoms with E-state index in [0.29, 0.717) is 5.92 Å². The Kier molecular flexibility index (Phi) is 3.97. The summed E-state index contributed by atoms with van der Waals surface area (Å²) in [6.07, 6.45) is 0.999. The van der Waals surface area contributed by atoms with Crippen LogP contribution in [0.2, 0.25) is 5.02 Å². The molecule has 14 heavy (non-hydrogen) atoms. The van der Waals surface area contributed by atoms with Gasteiger partial charge in [0, 0.05) is 11.1 Å². The van der Waals surface area contributed by atoms with Crippen LogP contribution in [0.3, 0.4) is 0 Å². The molecule has 0 heterocycles. The van der Waals surface area contributed by atoms with Gasteiger partial charge in [-0.1, -0.05) is 37.6 Å². The van der Waals surface area contributed by atoms with Crippen LogP contribution in [0, 0.1) is 12.8 Å². The summed E-state index contributed by atoms with van der Waals surface area (Å²) >= 11 is 6.04. The average Bonchev–Trinajstić information content (AvgIpc) is 2.08. The molecule has 78 valence electrons. The fraction of sp³-hybridized carbons (Fsp3) is 0.500. The first kappa shape index (κ1) is 11.5. The quantitative estimate of drug-likeness (QED) is 0.811. The minimum Gasteiger partial charge on any atom is -0.324 e. The number of hydrogen-bond donors (Lipinski definition) is 1. The van der Waals surface area contributed by atoms with Gasteiger partial charge in [-0.05, 0) is 36.5 Å². The maximum atomic E-state index is 6.06. The summed E-state index contributed by atoms with van der Waals surface area (Å²) in [6.45, 7) is 6.35. The number of rotatable bonds is 3. The molecule has 0 saturated heterocycles. The van der Waals surface area contributed by atoms with Crippen molar-refractivity contribution in [2.75, 3.05) is 0 Å². The minimum atomic E-state index is 0.105. The molecular weight excluding hydrogens is 194 g/mol. The Morgan fingerprint density at radius 2 is 2.00 bits per heavy atom. The Bertz CT molecular complexity index is 307. The van der Waals surface area contributed by atoms with Gasteiger partial charge in [-0.25, -0.2) is 0 Å². The van der Waals surface area contributed by atoms with Gasteiger partial charge in [0.1, 0.15) is 0 Å². The van der Waals surface area contributed by atoms with Gasteiger partial charge in [0.2, 0.25) is 0 Å². The van der Waals surface area contributed by atoms with Crippen molar-refractivity contribution in [3.63, 3.8) is 0 Å². The van der Waals surface area contributed by atoms with Crippen LogP contribution in [0.4, 0.5) is 0 Å². The second kappa shape index (κ2) is 4.81. The molecule has 2 heteroatoms. The third kappa shape index (κ3) is 3.00. The van der Waals surface area contributed by atoms with E-state index in [1.165, 1.54) is 0 Å². The van der Waals surface area contributed by atoms with E-state index < -0.39 is 0 Å². The van der Waals surface area contributed by atoms with Gasteiger partial charge in [0.25, 0.3) is 0 Å². The predicted molar refractivity (Wildman–Crippen MR) is 62.6 cm³/mol. The van der Waals surface area contributed by atoms with E-state index in [1.807, 2.05) is 19.1 Å². The fourth-order valence-corrected chi connectivity index (χ4v) is 1.67. The second-order valence-electron chi connectivity index (χ2n) is 4.24. The van der Waals surface area contributed by atoms with Crippen molar-refractivity contribution in [3.8, 4) is 0 Å². The Morgan fingerprint density at radius 3 is 2.50 bits per heavy atom. The highest BCUT2D eigenvalue weighted by atomic mass is 35.5. The highest BCUT2D eigenvalue weighted by molar-refractivity contribution is 6.31. The summed E-state index contributed by atoms with van der Waals surface area (Å²) in [6, 6.07) is 6.17. The van der Waals surface area contributed by atoms with E-state index in [-0.39, 0.29) is 6.04 Å². The van der Waals surface area contributed by atoms with E-state index in [1.54, 1.807) is 0 Å². The van der Waals surface area contributed by atoms with E-state index in [0.717, 1.165) is 22.6 Å². The van der Waals surface area contributed by atoms with Crippen molar-refractivity contribution in [1.82, 2.24) is 0 Å². The highest BCUT2D eigenvalue weighted by Gasteiger charge is 2.09. The SMILES string of the molecule is Cc1ccc([C@H](N)CC(C)C)cc1Cl. The van der Waals surface area contributed by atoms with Crippen LogP contribution in [0.25, 0.3) is 0 Å². The zero-order chi connectivity index (χ0) is 10.7. The maximum absolute atomic E-state index is 6.06. The summed E-state index contributed by atoms with van der Waals surface area (Å²) in [4.78, 5) is 0. The Morgan fingerprint density at radius 1 is 1.36 bits per heavy atom. The minimum absolute atomic E-state index is 0.105. The van der Waals surface area contributed by atoms with E-state index >= 15 is 0 Å². The molecule has 0 bridgehead atoms. The molecule has 0 aromatic heterocycles. The van der Waals surface area contributed by atoms with Crippen molar-refractivity contribution in [3.05, 3.63) is 34.3 Å². The Balaban J connectivity index is 2.80. The zero-order valence-electron chi connectivity index (χ0n) is 9.05. The molecule has 0 fully saturated rings. The van der Waals surface area contributed by atoms with E-state index in [4.69, 9.17) is 17.3 Å². The zero-order valence-corrected chi connectivity index (χ0v) is 9.81. The molecule has 0 radical (unpaired) electrons. The molecule has 0 spiro atoms. The lowest BCUT2D eigenvalue weighted by Crippen LogP contribution is -2.12. The number of nitrogens with two attached hydrogens (primary N) is 1. The smallest absolute Gasteiger partial charge is 0.0438 e. The normalized spacial score (nSPS) is 13.3. The van der Waals surface area contributed by atoms with Crippen molar-refractivity contribution < 1.29 is 0 Å². The monoisotopic (exact) mass is 211 g/mol. The maximum Gasteiger partial charge on any atom is 0.0438 e. The van der Waals surface area contributed by atoms with Crippen molar-refractivity contribution >= 4 is 11.6 Å². The lowest BCUT2D eigenvalue weighted by Gasteiger charge is -2.15. The van der Waals surface area contributed by atoms with E-state index in [2.05, 4.69) is 19.9 Å². The number of aryl methyl sites for hydroxylation is 1. The van der Waals surface area contributed by atoms with Crippen LogP contribution >= 0.6 is 11.6 Å². The molecule has 0 aliphatic rings. The van der Waals surface area contributed by atoms with Gasteiger partial charge >= 0.3 is 0 Å². The summed E-state index contributed by atoms with van der Waals surface area (Å²) in [7, 11) is 0. The molecule has 0 aliphatic heterocycles. The number of halogens is 1. The standard InChI is InChI=1S/C12H18ClN/c1-8(2)6-12(14)10-5-4-9(3)11(13)7-10/h4-5,7-8,12H,6,14H2,1-3H3/t12-/m1/s1. The topological polar surface area (TPSA) is 26.0 Å². The summed E-state index contributed by atoms with van der Waals surface area (Å²) in [5.74, 6) is 0.616. The first-order valence-corrected chi connectivity index (χ1v) is 5.40. The van der Waals surface area contributed by atoms with Gasteiger partial charge in [0.05, 0.1) is 0 Å². The molecule has 1 rings (SSSR count). The molecule has 0 aliphatic carbocycles. The average molecular weight is 212 g/mol. The molecule has 2 N–H and O–H groups in total. The van der Waals surface area contributed by atoms with Crippen molar-refractivity contribution in [2.24, 2.45) is 11.7 Å². The van der Waals surface area contributed by atoms with Crippen LogP contribution < -0.4 is 5.73 Å². The predicted octanol–water partition coefficient (Wildman–Crippen LogP) is 3.69. The molecule has 1 aromatic carbocycles. The number of hydrogen-bond acceptors (Lipinski definition) is 1. The Labute approximate surface area is 91.3 Å². The Hall–Kier alpha value is -0.530. The number of benzene rings is 1. The molecule has 1 nitrogen and oxygen atoms in total. The molecule has 1 atom stereocenters. The molecular formula is C12H18ClN. The molecule has 1 aromatic rings. The molecule has 0 saturated carbocycles.